The van der Waals surface area contributed by atoms with Crippen LogP contribution < -0.4 is 0 Å². The summed E-state index contributed by atoms with van der Waals surface area (Å²) in [5, 5.41) is 3.40. The zero-order valence-electron chi connectivity index (χ0n) is 27.9. The minimum Gasteiger partial charge on any atom is -0.309 e. The van der Waals surface area contributed by atoms with Gasteiger partial charge in [0.2, 0.25) is 0 Å². The van der Waals surface area contributed by atoms with Crippen molar-refractivity contribution >= 4 is 43.4 Å². The molecule has 0 N–H and O–H groups in total. The van der Waals surface area contributed by atoms with E-state index in [2.05, 4.69) is 138 Å². The number of hydrogen-bond donors (Lipinski definition) is 0. The normalized spacial score (nSPS) is 11.5. The maximum Gasteiger partial charge on any atom is 0.164 e. The lowest BCUT2D eigenvalue weighted by molar-refractivity contribution is 1.07. The Bertz CT molecular complexity index is 2880. The van der Waals surface area contributed by atoms with Gasteiger partial charge in [-0.15, -0.1) is 11.3 Å². The molecule has 0 bridgehead atoms. The van der Waals surface area contributed by atoms with E-state index in [4.69, 9.17) is 19.9 Å². The summed E-state index contributed by atoms with van der Waals surface area (Å²) in [7, 11) is 0. The van der Waals surface area contributed by atoms with Crippen molar-refractivity contribution in [2.24, 2.45) is 0 Å². The maximum absolute atomic E-state index is 5.12. The van der Waals surface area contributed by atoms with Crippen LogP contribution in [-0.4, -0.2) is 24.5 Å². The van der Waals surface area contributed by atoms with Gasteiger partial charge in [0.15, 0.2) is 17.5 Å². The molecule has 0 radical (unpaired) electrons. The lowest BCUT2D eigenvalue weighted by atomic mass is 10.0. The summed E-state index contributed by atoms with van der Waals surface area (Å²) < 4.78 is 3.53. The summed E-state index contributed by atoms with van der Waals surface area (Å²) in [6.07, 6.45) is 0. The molecule has 3 aromatic heterocycles. The summed E-state index contributed by atoms with van der Waals surface area (Å²) in [6.45, 7) is 0. The molecule has 0 aliphatic heterocycles. The molecule has 6 heteroatoms. The molecule has 0 saturated heterocycles. The third kappa shape index (κ3) is 5.34. The lowest BCUT2D eigenvalue weighted by Crippen LogP contribution is -2.01. The number of aromatic nitrogens is 5. The molecule has 0 aliphatic carbocycles. The first-order chi connectivity index (χ1) is 25.7. The van der Waals surface area contributed by atoms with Crippen molar-refractivity contribution in [2.45, 2.75) is 0 Å². The highest BCUT2D eigenvalue weighted by Crippen LogP contribution is 2.38. The molecular formula is C46H29N5S. The van der Waals surface area contributed by atoms with Crippen LogP contribution in [0.15, 0.2) is 176 Å². The van der Waals surface area contributed by atoms with Crippen LogP contribution in [0, 0.1) is 0 Å². The Morgan fingerprint density at radius 1 is 0.365 bits per heavy atom. The Balaban J connectivity index is 1.14. The molecule has 0 aliphatic rings. The quantitative estimate of drug-likeness (QED) is 0.175. The van der Waals surface area contributed by atoms with E-state index in [1.807, 2.05) is 42.5 Å². The minimum atomic E-state index is 0.617. The third-order valence-corrected chi connectivity index (χ3v) is 10.6. The van der Waals surface area contributed by atoms with Gasteiger partial charge in [-0.1, -0.05) is 133 Å². The van der Waals surface area contributed by atoms with Gasteiger partial charge in [-0.2, -0.15) is 0 Å². The summed E-state index contributed by atoms with van der Waals surface area (Å²) in [4.78, 5) is 20.2. The van der Waals surface area contributed by atoms with Crippen LogP contribution in [0.1, 0.15) is 0 Å². The predicted molar refractivity (Wildman–Crippen MR) is 215 cm³/mol. The lowest BCUT2D eigenvalue weighted by Gasteiger charge is -2.12. The molecular weight excluding hydrogens is 655 g/mol. The van der Waals surface area contributed by atoms with E-state index in [-0.39, 0.29) is 0 Å². The molecule has 0 atom stereocenters. The van der Waals surface area contributed by atoms with Gasteiger partial charge in [-0.05, 0) is 53.6 Å². The Morgan fingerprint density at radius 2 is 0.962 bits per heavy atom. The number of hydrogen-bond acceptors (Lipinski definition) is 5. The van der Waals surface area contributed by atoms with Crippen molar-refractivity contribution in [1.29, 1.82) is 0 Å². The number of thiazole rings is 1. The average molecular weight is 684 g/mol. The Hall–Kier alpha value is -6.76. The highest BCUT2D eigenvalue weighted by Gasteiger charge is 2.17. The molecule has 52 heavy (non-hydrogen) atoms. The van der Waals surface area contributed by atoms with Crippen molar-refractivity contribution in [2.75, 3.05) is 0 Å². The Labute approximate surface area is 304 Å². The van der Waals surface area contributed by atoms with E-state index in [9.17, 15) is 0 Å². The molecule has 244 valence electrons. The minimum absolute atomic E-state index is 0.617. The fourth-order valence-corrected chi connectivity index (χ4v) is 7.94. The molecule has 0 unspecified atom stereocenters. The van der Waals surface area contributed by atoms with Crippen LogP contribution in [0.25, 0.3) is 93.6 Å². The second-order valence-electron chi connectivity index (χ2n) is 12.7. The van der Waals surface area contributed by atoms with Gasteiger partial charge >= 0.3 is 0 Å². The van der Waals surface area contributed by atoms with E-state index < -0.39 is 0 Å². The first-order valence-corrected chi connectivity index (χ1v) is 18.0. The van der Waals surface area contributed by atoms with Crippen LogP contribution >= 0.6 is 11.3 Å². The maximum atomic E-state index is 5.12. The van der Waals surface area contributed by atoms with Crippen LogP contribution in [0.3, 0.4) is 0 Å². The van der Waals surface area contributed by atoms with Crippen molar-refractivity contribution in [1.82, 2.24) is 24.5 Å². The zero-order chi connectivity index (χ0) is 34.4. The van der Waals surface area contributed by atoms with Crippen LogP contribution in [0.5, 0.6) is 0 Å². The number of fused-ring (bicyclic) bond motifs is 4. The Kier molecular flexibility index (Phi) is 7.25. The first-order valence-electron chi connectivity index (χ1n) is 17.2. The second-order valence-corrected chi connectivity index (χ2v) is 13.8. The SMILES string of the molecule is c1ccc(-c2cccc(-c3nc(-c4ccccc4)nc(-c4cccc(-n5c6ccccc6c6ccc(-c7nc8ccccc8s7)cc65)c4)n3)c2)cc1. The zero-order valence-corrected chi connectivity index (χ0v) is 28.7. The van der Waals surface area contributed by atoms with Crippen LogP contribution in [-0.2, 0) is 0 Å². The summed E-state index contributed by atoms with van der Waals surface area (Å²) >= 11 is 1.72. The molecule has 0 spiro atoms. The monoisotopic (exact) mass is 683 g/mol. The van der Waals surface area contributed by atoms with Gasteiger partial charge in [0.05, 0.1) is 21.3 Å². The van der Waals surface area contributed by atoms with Crippen LogP contribution in [0.4, 0.5) is 0 Å². The van der Waals surface area contributed by atoms with Gasteiger partial charge in [0.25, 0.3) is 0 Å². The third-order valence-electron chi connectivity index (χ3n) is 9.47. The second kappa shape index (κ2) is 12.5. The smallest absolute Gasteiger partial charge is 0.164 e. The first kappa shape index (κ1) is 30.1. The largest absolute Gasteiger partial charge is 0.309 e. The summed E-state index contributed by atoms with van der Waals surface area (Å²) in [5.41, 5.74) is 10.4. The van der Waals surface area contributed by atoms with Gasteiger partial charge < -0.3 is 4.57 Å². The topological polar surface area (TPSA) is 56.5 Å². The van der Waals surface area contributed by atoms with E-state index in [1.54, 1.807) is 11.3 Å². The van der Waals surface area contributed by atoms with E-state index in [1.165, 1.54) is 15.5 Å². The molecule has 7 aromatic carbocycles. The van der Waals surface area contributed by atoms with Gasteiger partial charge in [0.1, 0.15) is 5.01 Å². The molecule has 5 nitrogen and oxygen atoms in total. The molecule has 0 saturated carbocycles. The summed E-state index contributed by atoms with van der Waals surface area (Å²) in [6, 6.07) is 61.0. The number of nitrogens with zero attached hydrogens (tertiary/aromatic N) is 5. The predicted octanol–water partition coefficient (Wildman–Crippen LogP) is 11.9. The average Bonchev–Trinajstić information content (AvgIpc) is 3.81. The van der Waals surface area contributed by atoms with Crippen molar-refractivity contribution < 1.29 is 0 Å². The summed E-state index contributed by atoms with van der Waals surface area (Å²) in [5.74, 6) is 1.88. The number of rotatable bonds is 6. The molecule has 10 aromatic rings. The van der Waals surface area contributed by atoms with Gasteiger partial charge in [0, 0.05) is 38.7 Å². The van der Waals surface area contributed by atoms with Gasteiger partial charge in [-0.25, -0.2) is 19.9 Å². The molecule has 3 heterocycles. The molecule has 0 fully saturated rings. The Morgan fingerprint density at radius 3 is 1.75 bits per heavy atom. The van der Waals surface area contributed by atoms with E-state index in [0.29, 0.717) is 17.5 Å². The number of para-hydroxylation sites is 2. The highest BCUT2D eigenvalue weighted by molar-refractivity contribution is 7.21. The van der Waals surface area contributed by atoms with Crippen molar-refractivity contribution in [3.8, 4) is 61.5 Å². The molecule has 10 rings (SSSR count). The van der Waals surface area contributed by atoms with E-state index >= 15 is 0 Å². The van der Waals surface area contributed by atoms with Crippen molar-refractivity contribution in [3.05, 3.63) is 176 Å². The van der Waals surface area contributed by atoms with Crippen molar-refractivity contribution in [3.63, 3.8) is 0 Å². The van der Waals surface area contributed by atoms with E-state index in [0.717, 1.165) is 60.6 Å². The van der Waals surface area contributed by atoms with Gasteiger partial charge in [-0.3, -0.25) is 0 Å². The standard InChI is InChI=1S/C46H29N5S/c1-3-13-30(14-4-1)32-17-11-18-33(27-32)44-48-43(31-15-5-2-6-16-31)49-45(50-44)34-19-12-20-36(28-34)51-40-23-9-7-21-37(40)38-26-25-35(29-41(38)51)46-47-39-22-8-10-24-42(39)52-46/h1-29H. The highest BCUT2D eigenvalue weighted by atomic mass is 32.1. The number of benzene rings is 7. The fraction of sp³-hybridized carbons (Fsp3) is 0. The van der Waals surface area contributed by atoms with Crippen LogP contribution in [0.2, 0.25) is 0 Å². The fourth-order valence-electron chi connectivity index (χ4n) is 6.98. The molecule has 0 amide bonds.